The van der Waals surface area contributed by atoms with E-state index in [1.54, 1.807) is 21.8 Å². The molecule has 3 aromatic heterocycles. The van der Waals surface area contributed by atoms with E-state index in [9.17, 15) is 4.79 Å². The van der Waals surface area contributed by atoms with Gasteiger partial charge in [-0.1, -0.05) is 6.07 Å². The lowest BCUT2D eigenvalue weighted by Crippen LogP contribution is -2.24. The van der Waals surface area contributed by atoms with Gasteiger partial charge in [-0.15, -0.1) is 0 Å². The number of hydrogen-bond acceptors (Lipinski definition) is 4. The maximum atomic E-state index is 12.4. The largest absolute Gasteiger partial charge is 0.348 e. The van der Waals surface area contributed by atoms with Crippen molar-refractivity contribution < 1.29 is 4.79 Å². The summed E-state index contributed by atoms with van der Waals surface area (Å²) in [4.78, 5) is 16.8. The lowest BCUT2D eigenvalue weighted by atomic mass is 10.1. The van der Waals surface area contributed by atoms with Crippen molar-refractivity contribution in [2.24, 2.45) is 14.1 Å². The van der Waals surface area contributed by atoms with Crippen LogP contribution in [-0.2, 0) is 20.6 Å². The number of hydrogen-bond donors (Lipinski definition) is 1. The van der Waals surface area contributed by atoms with Crippen molar-refractivity contribution in [3.8, 4) is 11.3 Å². The first kappa shape index (κ1) is 15.9. The zero-order chi connectivity index (χ0) is 17.3. The van der Waals surface area contributed by atoms with Crippen LogP contribution in [0.25, 0.3) is 11.3 Å². The lowest BCUT2D eigenvalue weighted by molar-refractivity contribution is 0.0949. The van der Waals surface area contributed by atoms with Crippen LogP contribution in [0.4, 0.5) is 0 Å². The van der Waals surface area contributed by atoms with Gasteiger partial charge < -0.3 is 5.32 Å². The fourth-order valence-electron chi connectivity index (χ4n) is 2.63. The van der Waals surface area contributed by atoms with Crippen molar-refractivity contribution in [3.05, 3.63) is 53.2 Å². The molecule has 0 saturated carbocycles. The van der Waals surface area contributed by atoms with Gasteiger partial charge in [0.2, 0.25) is 0 Å². The van der Waals surface area contributed by atoms with Crippen molar-refractivity contribution in [3.63, 3.8) is 0 Å². The zero-order valence-electron chi connectivity index (χ0n) is 14.2. The maximum Gasteiger partial charge on any atom is 0.255 e. The minimum Gasteiger partial charge on any atom is -0.348 e. The fraction of sp³-hybridized carbons (Fsp3) is 0.294. The molecule has 0 aliphatic rings. The molecule has 0 aliphatic carbocycles. The summed E-state index contributed by atoms with van der Waals surface area (Å²) in [5.41, 5.74) is 4.99. The monoisotopic (exact) mass is 324 g/mol. The average molecular weight is 324 g/mol. The van der Waals surface area contributed by atoms with Gasteiger partial charge in [0.25, 0.3) is 5.91 Å². The fourth-order valence-corrected chi connectivity index (χ4v) is 2.63. The second-order valence-corrected chi connectivity index (χ2v) is 5.81. The van der Waals surface area contributed by atoms with Crippen LogP contribution < -0.4 is 5.32 Å². The van der Waals surface area contributed by atoms with E-state index < -0.39 is 0 Å². The summed E-state index contributed by atoms with van der Waals surface area (Å²) < 4.78 is 3.46. The normalized spacial score (nSPS) is 10.8. The molecule has 1 amide bonds. The van der Waals surface area contributed by atoms with Gasteiger partial charge in [-0.3, -0.25) is 19.1 Å². The molecule has 0 bridgehead atoms. The molecule has 3 heterocycles. The van der Waals surface area contributed by atoms with Crippen LogP contribution in [-0.4, -0.2) is 30.5 Å². The van der Waals surface area contributed by atoms with Crippen LogP contribution in [0.5, 0.6) is 0 Å². The molecule has 0 radical (unpaired) electrons. The predicted octanol–water partition coefficient (Wildman–Crippen LogP) is 1.76. The van der Waals surface area contributed by atoms with Gasteiger partial charge in [0.05, 0.1) is 23.1 Å². The van der Waals surface area contributed by atoms with E-state index >= 15 is 0 Å². The molecule has 0 atom stereocenters. The van der Waals surface area contributed by atoms with Crippen LogP contribution in [0.15, 0.2) is 30.7 Å². The Hall–Kier alpha value is -2.96. The van der Waals surface area contributed by atoms with Crippen LogP contribution in [0.1, 0.15) is 27.3 Å². The third kappa shape index (κ3) is 3.05. The molecule has 7 nitrogen and oxygen atoms in total. The van der Waals surface area contributed by atoms with Gasteiger partial charge in [0, 0.05) is 44.3 Å². The molecule has 0 aliphatic heterocycles. The first-order chi connectivity index (χ1) is 11.5. The maximum absolute atomic E-state index is 12.4. The molecule has 0 unspecified atom stereocenters. The third-order valence-electron chi connectivity index (χ3n) is 4.01. The Labute approximate surface area is 140 Å². The second kappa shape index (κ2) is 6.27. The highest BCUT2D eigenvalue weighted by molar-refractivity contribution is 5.96. The quantitative estimate of drug-likeness (QED) is 0.793. The van der Waals surface area contributed by atoms with Gasteiger partial charge in [-0.05, 0) is 25.5 Å². The smallest absolute Gasteiger partial charge is 0.255 e. The van der Waals surface area contributed by atoms with Crippen LogP contribution in [0, 0.1) is 13.8 Å². The molecule has 3 aromatic rings. The number of carbonyl (C=O) groups excluding carboxylic acids is 1. The summed E-state index contributed by atoms with van der Waals surface area (Å²) in [6.07, 6.45) is 5.46. The molecule has 0 spiro atoms. The number of carbonyl (C=O) groups is 1. The molecule has 7 heteroatoms. The Balaban J connectivity index is 1.67. The van der Waals surface area contributed by atoms with E-state index in [2.05, 4.69) is 20.5 Å². The van der Waals surface area contributed by atoms with Gasteiger partial charge in [-0.25, -0.2) is 0 Å². The third-order valence-corrected chi connectivity index (χ3v) is 4.01. The number of rotatable bonds is 4. The molecule has 1 N–H and O–H groups in total. The Morgan fingerprint density at radius 1 is 1.21 bits per heavy atom. The van der Waals surface area contributed by atoms with Crippen molar-refractivity contribution in [1.29, 1.82) is 0 Å². The molecule has 0 aromatic carbocycles. The van der Waals surface area contributed by atoms with Gasteiger partial charge in [0.1, 0.15) is 0 Å². The molecule has 0 fully saturated rings. The summed E-state index contributed by atoms with van der Waals surface area (Å²) in [6, 6.07) is 3.89. The molecule has 24 heavy (non-hydrogen) atoms. The number of nitrogens with zero attached hydrogens (tertiary/aromatic N) is 5. The minimum atomic E-state index is -0.116. The summed E-state index contributed by atoms with van der Waals surface area (Å²) in [5, 5.41) is 11.3. The number of aromatic nitrogens is 5. The molecular formula is C17H20N6O. The van der Waals surface area contributed by atoms with Crippen LogP contribution >= 0.6 is 0 Å². The highest BCUT2D eigenvalue weighted by Crippen LogP contribution is 2.16. The Kier molecular flexibility index (Phi) is 4.16. The standard InChI is InChI=1S/C17H20N6O/c1-11-16(12(2)23(4)21-11)17(24)19-8-13-5-6-15(18-7-13)14-9-20-22(3)10-14/h5-7,9-10H,8H2,1-4H3,(H,19,24). The van der Waals surface area contributed by atoms with Gasteiger partial charge >= 0.3 is 0 Å². The van der Waals surface area contributed by atoms with E-state index in [1.165, 1.54) is 0 Å². The average Bonchev–Trinajstić information content (AvgIpc) is 3.09. The first-order valence-corrected chi connectivity index (χ1v) is 7.68. The lowest BCUT2D eigenvalue weighted by Gasteiger charge is -2.06. The SMILES string of the molecule is Cc1nn(C)c(C)c1C(=O)NCc1ccc(-c2cnn(C)c2)nc1. The summed E-state index contributed by atoms with van der Waals surface area (Å²) >= 11 is 0. The van der Waals surface area contributed by atoms with E-state index in [0.29, 0.717) is 12.1 Å². The first-order valence-electron chi connectivity index (χ1n) is 7.68. The molecular weight excluding hydrogens is 304 g/mol. The Morgan fingerprint density at radius 2 is 2.00 bits per heavy atom. The Bertz CT molecular complexity index is 875. The van der Waals surface area contributed by atoms with Crippen LogP contribution in [0.3, 0.4) is 0 Å². The van der Waals surface area contributed by atoms with Crippen LogP contribution in [0.2, 0.25) is 0 Å². The van der Waals surface area contributed by atoms with Crippen molar-refractivity contribution >= 4 is 5.91 Å². The predicted molar refractivity (Wildman–Crippen MR) is 90.3 cm³/mol. The highest BCUT2D eigenvalue weighted by Gasteiger charge is 2.16. The van der Waals surface area contributed by atoms with Gasteiger partial charge in [0.15, 0.2) is 0 Å². The Morgan fingerprint density at radius 3 is 2.54 bits per heavy atom. The minimum absolute atomic E-state index is 0.116. The summed E-state index contributed by atoms with van der Waals surface area (Å²) in [6.45, 7) is 4.15. The highest BCUT2D eigenvalue weighted by atomic mass is 16.1. The van der Waals surface area contributed by atoms with E-state index in [0.717, 1.165) is 28.2 Å². The van der Waals surface area contributed by atoms with Crippen molar-refractivity contribution in [1.82, 2.24) is 29.9 Å². The topological polar surface area (TPSA) is 77.6 Å². The number of aryl methyl sites for hydroxylation is 3. The molecule has 3 rings (SSSR count). The zero-order valence-corrected chi connectivity index (χ0v) is 14.2. The molecule has 0 saturated heterocycles. The molecule has 124 valence electrons. The second-order valence-electron chi connectivity index (χ2n) is 5.81. The number of pyridine rings is 1. The van der Waals surface area contributed by atoms with Crippen molar-refractivity contribution in [2.75, 3.05) is 0 Å². The van der Waals surface area contributed by atoms with E-state index in [-0.39, 0.29) is 5.91 Å². The number of nitrogens with one attached hydrogen (secondary N) is 1. The summed E-state index contributed by atoms with van der Waals surface area (Å²) in [5.74, 6) is -0.116. The number of amides is 1. The summed E-state index contributed by atoms with van der Waals surface area (Å²) in [7, 11) is 3.70. The van der Waals surface area contributed by atoms with Gasteiger partial charge in [-0.2, -0.15) is 10.2 Å². The van der Waals surface area contributed by atoms with E-state index in [1.807, 2.05) is 46.3 Å². The van der Waals surface area contributed by atoms with Crippen molar-refractivity contribution in [2.45, 2.75) is 20.4 Å². The van der Waals surface area contributed by atoms with E-state index in [4.69, 9.17) is 0 Å².